The Hall–Kier alpha value is -3.48. The number of nitrogens with zero attached hydrogens (tertiary/aromatic N) is 2. The second-order valence-corrected chi connectivity index (χ2v) is 6.96. The van der Waals surface area contributed by atoms with Crippen molar-refractivity contribution in [2.24, 2.45) is 5.92 Å². The van der Waals surface area contributed by atoms with Crippen molar-refractivity contribution in [3.05, 3.63) is 64.7 Å². The van der Waals surface area contributed by atoms with Gasteiger partial charge in [-0.15, -0.1) is 0 Å². The van der Waals surface area contributed by atoms with Gasteiger partial charge < -0.3 is 10.6 Å². The normalized spacial score (nSPS) is 13.3. The molecular weight excluding hydrogens is 356 g/mol. The van der Waals surface area contributed by atoms with E-state index in [1.165, 1.54) is 4.57 Å². The summed E-state index contributed by atoms with van der Waals surface area (Å²) in [6.07, 6.45) is 1.89. The molecule has 3 aromatic rings. The van der Waals surface area contributed by atoms with Gasteiger partial charge in [0.15, 0.2) is 0 Å². The topological polar surface area (TPSA) is 93.1 Å². The number of fused-ring (bicyclic) bond motifs is 1. The molecule has 1 heterocycles. The van der Waals surface area contributed by atoms with Gasteiger partial charge in [0, 0.05) is 17.3 Å². The van der Waals surface area contributed by atoms with Crippen molar-refractivity contribution < 1.29 is 9.59 Å². The Kier molecular flexibility index (Phi) is 4.65. The second kappa shape index (κ2) is 7.26. The minimum Gasteiger partial charge on any atom is -0.326 e. The third kappa shape index (κ3) is 3.78. The molecule has 0 bridgehead atoms. The van der Waals surface area contributed by atoms with Crippen LogP contribution < -0.4 is 16.2 Å². The SMILES string of the molecule is Cc1nc2ccccc2c(=O)n1CC(=O)Nc1ccc(NC(=O)C2CC2)cc1. The van der Waals surface area contributed by atoms with Crippen molar-refractivity contribution in [1.29, 1.82) is 0 Å². The van der Waals surface area contributed by atoms with Crippen LogP contribution in [0.15, 0.2) is 53.3 Å². The van der Waals surface area contributed by atoms with Crippen molar-refractivity contribution in [2.45, 2.75) is 26.3 Å². The Morgan fingerprint density at radius 3 is 2.36 bits per heavy atom. The largest absolute Gasteiger partial charge is 0.326 e. The summed E-state index contributed by atoms with van der Waals surface area (Å²) in [5.74, 6) is 0.334. The molecule has 7 heteroatoms. The second-order valence-electron chi connectivity index (χ2n) is 6.96. The fourth-order valence-corrected chi connectivity index (χ4v) is 3.04. The van der Waals surface area contributed by atoms with Crippen LogP contribution in [-0.4, -0.2) is 21.4 Å². The molecule has 28 heavy (non-hydrogen) atoms. The molecule has 2 amide bonds. The number of carbonyl (C=O) groups excluding carboxylic acids is 2. The van der Waals surface area contributed by atoms with Crippen LogP contribution in [0.5, 0.6) is 0 Å². The van der Waals surface area contributed by atoms with E-state index in [1.54, 1.807) is 49.4 Å². The number of rotatable bonds is 5. The molecule has 7 nitrogen and oxygen atoms in total. The van der Waals surface area contributed by atoms with E-state index in [-0.39, 0.29) is 29.8 Å². The molecule has 1 saturated carbocycles. The smallest absolute Gasteiger partial charge is 0.261 e. The molecule has 1 aromatic heterocycles. The highest BCUT2D eigenvalue weighted by Gasteiger charge is 2.29. The zero-order chi connectivity index (χ0) is 19.7. The van der Waals surface area contributed by atoms with Gasteiger partial charge in [0.2, 0.25) is 11.8 Å². The zero-order valence-electron chi connectivity index (χ0n) is 15.4. The number of nitrogens with one attached hydrogen (secondary N) is 2. The molecule has 0 spiro atoms. The van der Waals surface area contributed by atoms with Crippen molar-refractivity contribution in [1.82, 2.24) is 9.55 Å². The van der Waals surface area contributed by atoms with Gasteiger partial charge in [-0.1, -0.05) is 12.1 Å². The van der Waals surface area contributed by atoms with Crippen molar-refractivity contribution in [3.63, 3.8) is 0 Å². The maximum atomic E-state index is 12.6. The lowest BCUT2D eigenvalue weighted by Gasteiger charge is -2.11. The summed E-state index contributed by atoms with van der Waals surface area (Å²) in [5.41, 5.74) is 1.66. The fraction of sp³-hybridized carbons (Fsp3) is 0.238. The summed E-state index contributed by atoms with van der Waals surface area (Å²) in [6, 6.07) is 14.0. The summed E-state index contributed by atoms with van der Waals surface area (Å²) < 4.78 is 1.36. The number of aryl methyl sites for hydroxylation is 1. The van der Waals surface area contributed by atoms with Crippen LogP contribution in [0.4, 0.5) is 11.4 Å². The average molecular weight is 376 g/mol. The number of carbonyl (C=O) groups is 2. The third-order valence-electron chi connectivity index (χ3n) is 4.74. The van der Waals surface area contributed by atoms with Gasteiger partial charge in [-0.2, -0.15) is 0 Å². The zero-order valence-corrected chi connectivity index (χ0v) is 15.4. The maximum Gasteiger partial charge on any atom is 0.261 e. The number of benzene rings is 2. The monoisotopic (exact) mass is 376 g/mol. The molecule has 4 rings (SSSR count). The summed E-state index contributed by atoms with van der Waals surface area (Å²) in [5, 5.41) is 6.10. The van der Waals surface area contributed by atoms with Gasteiger partial charge in [-0.25, -0.2) is 4.98 Å². The summed E-state index contributed by atoms with van der Waals surface area (Å²) in [7, 11) is 0. The lowest BCUT2D eigenvalue weighted by molar-refractivity contribution is -0.117. The van der Waals surface area contributed by atoms with E-state index < -0.39 is 0 Å². The number of para-hydroxylation sites is 1. The van der Waals surface area contributed by atoms with Gasteiger partial charge in [0.25, 0.3) is 5.56 Å². The summed E-state index contributed by atoms with van der Waals surface area (Å²) >= 11 is 0. The first-order valence-corrected chi connectivity index (χ1v) is 9.18. The summed E-state index contributed by atoms with van der Waals surface area (Å²) in [6.45, 7) is 1.58. The van der Waals surface area contributed by atoms with Crippen LogP contribution in [0.1, 0.15) is 18.7 Å². The number of aromatic nitrogens is 2. The molecular formula is C21H20N4O3. The van der Waals surface area contributed by atoms with Gasteiger partial charge in [-0.3, -0.25) is 19.0 Å². The fourth-order valence-electron chi connectivity index (χ4n) is 3.04. The summed E-state index contributed by atoms with van der Waals surface area (Å²) in [4.78, 5) is 41.2. The average Bonchev–Trinajstić information content (AvgIpc) is 3.52. The molecule has 142 valence electrons. The predicted molar refractivity (Wildman–Crippen MR) is 107 cm³/mol. The molecule has 2 aromatic carbocycles. The molecule has 2 N–H and O–H groups in total. The van der Waals surface area contributed by atoms with E-state index in [4.69, 9.17) is 0 Å². The predicted octanol–water partition coefficient (Wildman–Crippen LogP) is 2.69. The highest BCUT2D eigenvalue weighted by Crippen LogP contribution is 2.30. The lowest BCUT2D eigenvalue weighted by Crippen LogP contribution is -2.30. The van der Waals surface area contributed by atoms with Gasteiger partial charge >= 0.3 is 0 Å². The van der Waals surface area contributed by atoms with Crippen LogP contribution >= 0.6 is 0 Å². The van der Waals surface area contributed by atoms with Crippen LogP contribution in [0.2, 0.25) is 0 Å². The Morgan fingerprint density at radius 2 is 1.68 bits per heavy atom. The van der Waals surface area contributed by atoms with E-state index in [9.17, 15) is 14.4 Å². The molecule has 0 saturated heterocycles. The molecule has 0 unspecified atom stereocenters. The minimum atomic E-state index is -0.322. The number of hydrogen-bond donors (Lipinski definition) is 2. The Morgan fingerprint density at radius 1 is 1.04 bits per heavy atom. The molecule has 1 aliphatic carbocycles. The highest BCUT2D eigenvalue weighted by atomic mass is 16.2. The first kappa shape index (κ1) is 17.9. The number of anilines is 2. The standard InChI is InChI=1S/C21H20N4O3/c1-13-22-18-5-3-2-4-17(18)21(28)25(13)12-19(26)23-15-8-10-16(11-9-15)24-20(27)14-6-7-14/h2-5,8-11,14H,6-7,12H2,1H3,(H,23,26)(H,24,27). The van der Waals surface area contributed by atoms with Gasteiger partial charge in [0.05, 0.1) is 10.9 Å². The van der Waals surface area contributed by atoms with E-state index in [0.717, 1.165) is 12.8 Å². The van der Waals surface area contributed by atoms with Crippen LogP contribution in [0, 0.1) is 12.8 Å². The van der Waals surface area contributed by atoms with Gasteiger partial charge in [-0.05, 0) is 56.2 Å². The quantitative estimate of drug-likeness (QED) is 0.716. The van der Waals surface area contributed by atoms with E-state index >= 15 is 0 Å². The first-order valence-electron chi connectivity index (χ1n) is 9.18. The Bertz CT molecular complexity index is 1110. The Balaban J connectivity index is 1.45. The molecule has 0 aliphatic heterocycles. The van der Waals surface area contributed by atoms with E-state index in [2.05, 4.69) is 15.6 Å². The van der Waals surface area contributed by atoms with Crippen LogP contribution in [0.3, 0.4) is 0 Å². The first-order chi connectivity index (χ1) is 13.5. The third-order valence-corrected chi connectivity index (χ3v) is 4.74. The maximum absolute atomic E-state index is 12.6. The van der Waals surface area contributed by atoms with Crippen LogP contribution in [0.25, 0.3) is 10.9 Å². The van der Waals surface area contributed by atoms with Crippen molar-refractivity contribution in [2.75, 3.05) is 10.6 Å². The number of hydrogen-bond acceptors (Lipinski definition) is 4. The molecule has 1 fully saturated rings. The molecule has 1 aliphatic rings. The molecule has 0 atom stereocenters. The van der Waals surface area contributed by atoms with Crippen LogP contribution in [-0.2, 0) is 16.1 Å². The van der Waals surface area contributed by atoms with Crippen molar-refractivity contribution in [3.8, 4) is 0 Å². The van der Waals surface area contributed by atoms with Gasteiger partial charge in [0.1, 0.15) is 12.4 Å². The molecule has 0 radical (unpaired) electrons. The van der Waals surface area contributed by atoms with E-state index in [0.29, 0.717) is 28.1 Å². The van der Waals surface area contributed by atoms with Crippen molar-refractivity contribution >= 4 is 34.1 Å². The lowest BCUT2D eigenvalue weighted by atomic mass is 10.2. The Labute approximate surface area is 161 Å². The van der Waals surface area contributed by atoms with E-state index in [1.807, 2.05) is 6.07 Å². The minimum absolute atomic E-state index is 0.0374. The highest BCUT2D eigenvalue weighted by molar-refractivity contribution is 5.95. The number of amides is 2.